The van der Waals surface area contributed by atoms with Crippen LogP contribution in [-0.4, -0.2) is 0 Å². The summed E-state index contributed by atoms with van der Waals surface area (Å²) in [4.78, 5) is 0. The summed E-state index contributed by atoms with van der Waals surface area (Å²) >= 11 is 0. The highest BCUT2D eigenvalue weighted by molar-refractivity contribution is 6.21. The molecule has 0 fully saturated rings. The summed E-state index contributed by atoms with van der Waals surface area (Å²) < 4.78 is 6.54. The van der Waals surface area contributed by atoms with Gasteiger partial charge in [-0.05, 0) is 89.5 Å². The van der Waals surface area contributed by atoms with Crippen LogP contribution in [0.2, 0.25) is 0 Å². The molecule has 8 aromatic carbocycles. The van der Waals surface area contributed by atoms with Crippen LogP contribution in [-0.2, 0) is 0 Å². The van der Waals surface area contributed by atoms with Crippen LogP contribution in [0.5, 0.6) is 0 Å². The van der Waals surface area contributed by atoms with Crippen molar-refractivity contribution >= 4 is 54.9 Å². The Labute approximate surface area is 314 Å². The van der Waals surface area contributed by atoms with Gasteiger partial charge in [0.1, 0.15) is 11.0 Å². The average molecular weight is 689 g/mol. The molecule has 1 heteroatoms. The first-order chi connectivity index (χ1) is 26.6. The van der Waals surface area contributed by atoms with Crippen molar-refractivity contribution in [2.24, 2.45) is 5.41 Å². The fourth-order valence-corrected chi connectivity index (χ4v) is 9.34. The lowest BCUT2D eigenvalue weighted by Gasteiger charge is -2.38. The van der Waals surface area contributed by atoms with E-state index in [-0.39, 0.29) is 11.3 Å². The number of benzene rings is 8. The lowest BCUT2D eigenvalue weighted by molar-refractivity contribution is 0.488. The fraction of sp³-hybridized carbons (Fsp3) is 0.0566. The van der Waals surface area contributed by atoms with Crippen molar-refractivity contribution in [3.05, 3.63) is 204 Å². The van der Waals surface area contributed by atoms with Crippen molar-refractivity contribution in [1.29, 1.82) is 0 Å². The van der Waals surface area contributed by atoms with Crippen molar-refractivity contribution in [3.63, 3.8) is 0 Å². The second-order valence-corrected chi connectivity index (χ2v) is 15.0. The molecule has 2 unspecified atom stereocenters. The number of rotatable bonds is 4. The molecule has 11 rings (SSSR count). The van der Waals surface area contributed by atoms with Gasteiger partial charge in [0.05, 0.1) is 0 Å². The Hall–Kier alpha value is -6.70. The summed E-state index contributed by atoms with van der Waals surface area (Å²) in [5, 5.41) is 9.91. The second kappa shape index (κ2) is 11.9. The molecule has 0 bridgehead atoms. The van der Waals surface area contributed by atoms with Crippen molar-refractivity contribution in [2.75, 3.05) is 0 Å². The molecule has 1 aromatic heterocycles. The van der Waals surface area contributed by atoms with E-state index in [0.717, 1.165) is 11.0 Å². The van der Waals surface area contributed by atoms with E-state index in [1.165, 1.54) is 87.4 Å². The predicted octanol–water partition coefficient (Wildman–Crippen LogP) is 12.8. The molecule has 1 nitrogen and oxygen atoms in total. The summed E-state index contributed by atoms with van der Waals surface area (Å²) in [6.07, 6.45) is 11.4. The molecule has 2 aliphatic rings. The van der Waals surface area contributed by atoms with E-state index in [1.807, 2.05) is 0 Å². The fourth-order valence-electron chi connectivity index (χ4n) is 9.34. The standard InChI is InChI=1S/C53H36O/c1-53-29-11-10-25-47(53)52-46(41-20-8-9-26-49(41)54-52)33-48(53)38-17-13-19-40(32-38)51-44-23-6-4-21-42(44)50(43-22-5-7-24-45(43)51)39-18-12-16-36(31-39)37-28-27-34-14-2-3-15-35(34)30-37/h2-33,48H,1H3. The number of furan rings is 1. The van der Waals surface area contributed by atoms with Crippen LogP contribution in [0.25, 0.3) is 88.3 Å². The molecular formula is C53H36O. The van der Waals surface area contributed by atoms with Gasteiger partial charge in [-0.1, -0.05) is 183 Å². The van der Waals surface area contributed by atoms with Gasteiger partial charge in [0.25, 0.3) is 0 Å². The molecule has 0 aliphatic heterocycles. The zero-order chi connectivity index (χ0) is 35.8. The minimum absolute atomic E-state index is 0.122. The number of fused-ring (bicyclic) bond motifs is 7. The van der Waals surface area contributed by atoms with Gasteiger partial charge in [0.2, 0.25) is 0 Å². The van der Waals surface area contributed by atoms with E-state index in [2.05, 4.69) is 201 Å². The summed E-state index contributed by atoms with van der Waals surface area (Å²) in [6.45, 7) is 2.36. The lowest BCUT2D eigenvalue weighted by Crippen LogP contribution is -2.39. The van der Waals surface area contributed by atoms with Crippen molar-refractivity contribution in [3.8, 4) is 33.4 Å². The third-order valence-electron chi connectivity index (χ3n) is 12.0. The molecule has 9 aromatic rings. The first kappa shape index (κ1) is 30.9. The van der Waals surface area contributed by atoms with Crippen LogP contribution in [0.4, 0.5) is 0 Å². The maximum absolute atomic E-state index is 6.54. The van der Waals surface area contributed by atoms with Crippen molar-refractivity contribution < 1.29 is 4.42 Å². The molecule has 1 heterocycles. The quantitative estimate of drug-likeness (QED) is 0.168. The minimum Gasteiger partial charge on any atom is -0.456 e. The first-order valence-corrected chi connectivity index (χ1v) is 18.9. The highest BCUT2D eigenvalue weighted by Crippen LogP contribution is 2.50. The van der Waals surface area contributed by atoms with Crippen LogP contribution in [0.15, 0.2) is 193 Å². The Morgan fingerprint density at radius 3 is 1.81 bits per heavy atom. The molecule has 0 amide bonds. The molecule has 0 N–H and O–H groups in total. The monoisotopic (exact) mass is 688 g/mol. The number of hydrogen-bond donors (Lipinski definition) is 0. The largest absolute Gasteiger partial charge is 0.456 e. The van der Waals surface area contributed by atoms with E-state index in [0.29, 0.717) is 0 Å². The van der Waals surface area contributed by atoms with Crippen molar-refractivity contribution in [2.45, 2.75) is 12.8 Å². The van der Waals surface area contributed by atoms with Crippen LogP contribution >= 0.6 is 0 Å². The number of para-hydroxylation sites is 1. The minimum atomic E-state index is -0.252. The molecule has 2 aliphatic carbocycles. The van der Waals surface area contributed by atoms with Gasteiger partial charge >= 0.3 is 0 Å². The Morgan fingerprint density at radius 2 is 1.07 bits per heavy atom. The van der Waals surface area contributed by atoms with Crippen LogP contribution < -0.4 is 10.6 Å². The van der Waals surface area contributed by atoms with Gasteiger partial charge in [-0.25, -0.2) is 0 Å². The molecule has 254 valence electrons. The highest BCUT2D eigenvalue weighted by Gasteiger charge is 2.39. The van der Waals surface area contributed by atoms with E-state index in [4.69, 9.17) is 4.42 Å². The highest BCUT2D eigenvalue weighted by atomic mass is 16.3. The Kier molecular flexibility index (Phi) is 6.81. The van der Waals surface area contributed by atoms with E-state index in [1.54, 1.807) is 0 Å². The molecule has 54 heavy (non-hydrogen) atoms. The molecular weight excluding hydrogens is 653 g/mol. The van der Waals surface area contributed by atoms with Gasteiger partial charge in [0, 0.05) is 27.5 Å². The lowest BCUT2D eigenvalue weighted by atomic mass is 9.64. The SMILES string of the molecule is CC12C=CC=CC1=c1oc3ccccc3c1=CC2c1cccc(-c2c3ccccc3c(-c3cccc(-c4ccc5ccccc5c4)c3)c3ccccc23)c1. The zero-order valence-electron chi connectivity index (χ0n) is 30.0. The van der Waals surface area contributed by atoms with Crippen molar-refractivity contribution in [1.82, 2.24) is 0 Å². The number of allylic oxidation sites excluding steroid dienone is 4. The van der Waals surface area contributed by atoms with Gasteiger partial charge in [0.15, 0.2) is 0 Å². The van der Waals surface area contributed by atoms with Crippen LogP contribution in [0, 0.1) is 5.41 Å². The normalized spacial score (nSPS) is 17.6. The van der Waals surface area contributed by atoms with E-state index in [9.17, 15) is 0 Å². The smallest absolute Gasteiger partial charge is 0.139 e. The molecule has 0 spiro atoms. The molecule has 0 saturated heterocycles. The topological polar surface area (TPSA) is 13.1 Å². The van der Waals surface area contributed by atoms with Crippen LogP contribution in [0.3, 0.4) is 0 Å². The molecule has 0 radical (unpaired) electrons. The van der Waals surface area contributed by atoms with Gasteiger partial charge in [-0.2, -0.15) is 0 Å². The predicted molar refractivity (Wildman–Crippen MR) is 228 cm³/mol. The summed E-state index contributed by atoms with van der Waals surface area (Å²) in [5.41, 5.74) is 11.7. The third-order valence-corrected chi connectivity index (χ3v) is 12.0. The Morgan fingerprint density at radius 1 is 0.481 bits per heavy atom. The van der Waals surface area contributed by atoms with Gasteiger partial charge < -0.3 is 4.42 Å². The summed E-state index contributed by atoms with van der Waals surface area (Å²) in [5.74, 6) is 0.122. The first-order valence-electron chi connectivity index (χ1n) is 18.9. The summed E-state index contributed by atoms with van der Waals surface area (Å²) in [6, 6.07) is 60.1. The summed E-state index contributed by atoms with van der Waals surface area (Å²) in [7, 11) is 0. The number of hydrogen-bond acceptors (Lipinski definition) is 1. The van der Waals surface area contributed by atoms with E-state index >= 15 is 0 Å². The van der Waals surface area contributed by atoms with Crippen LogP contribution in [0.1, 0.15) is 18.4 Å². The Bertz CT molecular complexity index is 3130. The maximum Gasteiger partial charge on any atom is 0.139 e. The van der Waals surface area contributed by atoms with E-state index < -0.39 is 0 Å². The average Bonchev–Trinajstić information content (AvgIpc) is 3.60. The van der Waals surface area contributed by atoms with Gasteiger partial charge in [-0.15, -0.1) is 0 Å². The maximum atomic E-state index is 6.54. The zero-order valence-corrected chi connectivity index (χ0v) is 30.0. The third kappa shape index (κ3) is 4.65. The van der Waals surface area contributed by atoms with Gasteiger partial charge in [-0.3, -0.25) is 0 Å². The molecule has 0 saturated carbocycles. The molecule has 2 atom stereocenters. The second-order valence-electron chi connectivity index (χ2n) is 15.0. The Balaban J connectivity index is 1.11.